The Labute approximate surface area is 208 Å². The van der Waals surface area contributed by atoms with Crippen molar-refractivity contribution in [3.63, 3.8) is 0 Å². The maximum Gasteiger partial charge on any atom is 0.258 e. The monoisotopic (exact) mass is 488 g/mol. The first-order valence-electron chi connectivity index (χ1n) is 12.6. The highest BCUT2D eigenvalue weighted by Gasteiger charge is 2.55. The topological polar surface area (TPSA) is 87.5 Å². The summed E-state index contributed by atoms with van der Waals surface area (Å²) in [7, 11) is 0. The number of nitrogens with one attached hydrogen (secondary N) is 1. The lowest BCUT2D eigenvalue weighted by Crippen LogP contribution is -2.46. The second-order valence-corrected chi connectivity index (χ2v) is 10.2. The second-order valence-electron chi connectivity index (χ2n) is 10.2. The molecule has 1 saturated carbocycles. The van der Waals surface area contributed by atoms with Gasteiger partial charge in [0.1, 0.15) is 5.82 Å². The summed E-state index contributed by atoms with van der Waals surface area (Å²) >= 11 is 0. The number of hydrogen-bond acceptors (Lipinski definition) is 5. The van der Waals surface area contributed by atoms with E-state index in [2.05, 4.69) is 15.2 Å². The molecule has 1 aromatic carbocycles. The summed E-state index contributed by atoms with van der Waals surface area (Å²) in [5.74, 6) is -0.821. The summed E-state index contributed by atoms with van der Waals surface area (Å²) in [5.41, 5.74) is 2.02. The average molecular weight is 489 g/mol. The van der Waals surface area contributed by atoms with Crippen LogP contribution in [0.25, 0.3) is 11.1 Å². The molecule has 3 aliphatic rings. The Hall–Kier alpha value is -3.36. The summed E-state index contributed by atoms with van der Waals surface area (Å²) in [6.07, 6.45) is 5.78. The Morgan fingerprint density at radius 2 is 1.94 bits per heavy atom. The summed E-state index contributed by atoms with van der Waals surface area (Å²) in [6, 6.07) is 13.0. The summed E-state index contributed by atoms with van der Waals surface area (Å²) in [4.78, 5) is 33.6. The zero-order chi connectivity index (χ0) is 24.8. The van der Waals surface area contributed by atoms with Gasteiger partial charge in [0.15, 0.2) is 0 Å². The van der Waals surface area contributed by atoms with E-state index in [1.54, 1.807) is 41.2 Å². The van der Waals surface area contributed by atoms with Gasteiger partial charge in [-0.15, -0.1) is 0 Å². The van der Waals surface area contributed by atoms with Gasteiger partial charge in [0.05, 0.1) is 17.5 Å². The van der Waals surface area contributed by atoms with Crippen molar-refractivity contribution in [1.29, 1.82) is 0 Å². The van der Waals surface area contributed by atoms with E-state index in [-0.39, 0.29) is 41.6 Å². The molecule has 1 amide bonds. The van der Waals surface area contributed by atoms with Gasteiger partial charge in [0.2, 0.25) is 5.91 Å². The van der Waals surface area contributed by atoms with Crippen LogP contribution in [0.3, 0.4) is 0 Å². The van der Waals surface area contributed by atoms with E-state index in [1.807, 2.05) is 18.2 Å². The molecule has 2 aromatic heterocycles. The van der Waals surface area contributed by atoms with Crippen LogP contribution < -0.4 is 10.9 Å². The Morgan fingerprint density at radius 3 is 2.67 bits per heavy atom. The fraction of sp³-hybridized carbons (Fsp3) is 0.393. The van der Waals surface area contributed by atoms with Gasteiger partial charge in [-0.2, -0.15) is 0 Å². The molecule has 0 spiro atoms. The fourth-order valence-electron chi connectivity index (χ4n) is 6.01. The molecule has 4 heterocycles. The Morgan fingerprint density at radius 1 is 1.11 bits per heavy atom. The number of halogens is 1. The molecule has 6 rings (SSSR count). The van der Waals surface area contributed by atoms with E-state index in [4.69, 9.17) is 0 Å². The standard InChI is InChI=1S/C28H29FN4O3/c29-22-6-2-1-5-19(22)20-9-10-23-26-25(27(35)31-13-17-7-8-17)21(16-34)24(15-33(23)28(20)36)32(26)14-18-4-3-11-30-12-18/h1-6,9-12,17,21,24-26,34H,7-8,13-16H2,(H,31,35)/t21-,24-,25+,26+/m0/s1. The molecule has 1 saturated heterocycles. The van der Waals surface area contributed by atoms with Crippen LogP contribution >= 0.6 is 0 Å². The Bertz CT molecular complexity index is 1340. The molecule has 7 nitrogen and oxygen atoms in total. The van der Waals surface area contributed by atoms with Crippen LogP contribution in [-0.4, -0.2) is 44.7 Å². The van der Waals surface area contributed by atoms with Gasteiger partial charge in [-0.05, 0) is 48.6 Å². The molecule has 2 bridgehead atoms. The smallest absolute Gasteiger partial charge is 0.258 e. The predicted molar refractivity (Wildman–Crippen MR) is 132 cm³/mol. The molecule has 3 aromatic rings. The van der Waals surface area contributed by atoms with Crippen LogP contribution in [0.4, 0.5) is 4.39 Å². The van der Waals surface area contributed by atoms with Crippen LogP contribution in [0.15, 0.2) is 65.7 Å². The molecule has 2 aliphatic heterocycles. The molecule has 1 aliphatic carbocycles. The lowest BCUT2D eigenvalue weighted by molar-refractivity contribution is -0.127. The highest BCUT2D eigenvalue weighted by molar-refractivity contribution is 5.81. The molecule has 8 heteroatoms. The molecule has 186 valence electrons. The van der Waals surface area contributed by atoms with Crippen LogP contribution in [0, 0.1) is 23.6 Å². The number of fused-ring (bicyclic) bond motifs is 4. The van der Waals surface area contributed by atoms with Gasteiger partial charge in [0, 0.05) is 61.9 Å². The molecule has 2 N–H and O–H groups in total. The number of aromatic nitrogens is 2. The maximum absolute atomic E-state index is 14.5. The zero-order valence-corrected chi connectivity index (χ0v) is 19.9. The maximum atomic E-state index is 14.5. The van der Waals surface area contributed by atoms with Crippen molar-refractivity contribution in [2.45, 2.75) is 38.0 Å². The molecule has 0 unspecified atom stereocenters. The van der Waals surface area contributed by atoms with Crippen LogP contribution in [0.2, 0.25) is 0 Å². The number of carbonyl (C=O) groups is 1. The molecule has 0 radical (unpaired) electrons. The van der Waals surface area contributed by atoms with Crippen molar-refractivity contribution in [2.75, 3.05) is 13.2 Å². The minimum atomic E-state index is -0.497. The van der Waals surface area contributed by atoms with Gasteiger partial charge in [-0.25, -0.2) is 4.39 Å². The normalized spacial score (nSPS) is 24.9. The lowest BCUT2D eigenvalue weighted by Gasteiger charge is -2.38. The van der Waals surface area contributed by atoms with Crippen LogP contribution in [0.5, 0.6) is 0 Å². The van der Waals surface area contributed by atoms with Gasteiger partial charge in [-0.3, -0.25) is 19.5 Å². The number of amides is 1. The predicted octanol–water partition coefficient (Wildman–Crippen LogP) is 2.74. The van der Waals surface area contributed by atoms with Crippen molar-refractivity contribution in [2.24, 2.45) is 17.8 Å². The largest absolute Gasteiger partial charge is 0.396 e. The van der Waals surface area contributed by atoms with Crippen molar-refractivity contribution < 1.29 is 14.3 Å². The third-order valence-electron chi connectivity index (χ3n) is 7.99. The van der Waals surface area contributed by atoms with Crippen molar-refractivity contribution in [3.05, 3.63) is 88.4 Å². The Kier molecular flexibility index (Phi) is 5.93. The van der Waals surface area contributed by atoms with E-state index in [0.29, 0.717) is 31.1 Å². The van der Waals surface area contributed by atoms with E-state index in [1.165, 1.54) is 6.07 Å². The number of aliphatic hydroxyl groups excluding tert-OH is 1. The first-order valence-corrected chi connectivity index (χ1v) is 12.6. The number of nitrogens with zero attached hydrogens (tertiary/aromatic N) is 3. The number of pyridine rings is 2. The third kappa shape index (κ3) is 3.94. The summed E-state index contributed by atoms with van der Waals surface area (Å²) in [6.45, 7) is 1.36. The highest BCUT2D eigenvalue weighted by atomic mass is 19.1. The lowest BCUT2D eigenvalue weighted by atomic mass is 9.86. The number of rotatable bonds is 7. The van der Waals surface area contributed by atoms with E-state index >= 15 is 0 Å². The number of carbonyl (C=O) groups excluding carboxylic acids is 1. The van der Waals surface area contributed by atoms with E-state index in [9.17, 15) is 19.1 Å². The SMILES string of the molecule is O=C(NCC1CC1)[C@@H]1[C@@H](CO)[C@@H]2Cn3c(ccc(-c4ccccc4F)c3=O)[C@H]1N2Cc1cccnc1. The van der Waals surface area contributed by atoms with E-state index < -0.39 is 11.7 Å². The van der Waals surface area contributed by atoms with Crippen LogP contribution in [-0.2, 0) is 17.9 Å². The minimum absolute atomic E-state index is 0.0799. The van der Waals surface area contributed by atoms with Crippen LogP contribution in [0.1, 0.15) is 30.1 Å². The van der Waals surface area contributed by atoms with Gasteiger partial charge >= 0.3 is 0 Å². The minimum Gasteiger partial charge on any atom is -0.396 e. The zero-order valence-electron chi connectivity index (χ0n) is 19.9. The average Bonchev–Trinajstić information content (AvgIpc) is 3.69. The first-order chi connectivity index (χ1) is 17.6. The quantitative estimate of drug-likeness (QED) is 0.534. The van der Waals surface area contributed by atoms with Gasteiger partial charge < -0.3 is 15.0 Å². The molecular weight excluding hydrogens is 459 g/mol. The van der Waals surface area contributed by atoms with Gasteiger partial charge in [-0.1, -0.05) is 24.3 Å². The van der Waals surface area contributed by atoms with Crippen molar-refractivity contribution in [3.8, 4) is 11.1 Å². The molecule has 36 heavy (non-hydrogen) atoms. The third-order valence-corrected chi connectivity index (χ3v) is 7.99. The summed E-state index contributed by atoms with van der Waals surface area (Å²) < 4.78 is 16.2. The fourth-order valence-corrected chi connectivity index (χ4v) is 6.01. The van der Waals surface area contributed by atoms with E-state index in [0.717, 1.165) is 24.1 Å². The second kappa shape index (κ2) is 9.26. The highest BCUT2D eigenvalue weighted by Crippen LogP contribution is 2.49. The van der Waals surface area contributed by atoms with Crippen molar-refractivity contribution in [1.82, 2.24) is 19.8 Å². The van der Waals surface area contributed by atoms with Crippen molar-refractivity contribution >= 4 is 5.91 Å². The molecule has 4 atom stereocenters. The number of hydrogen-bond donors (Lipinski definition) is 2. The number of aliphatic hydroxyl groups is 1. The molecular formula is C28H29FN4O3. The first kappa shape index (κ1) is 23.1. The Balaban J connectivity index is 1.44. The van der Waals surface area contributed by atoms with Gasteiger partial charge in [0.25, 0.3) is 5.56 Å². The molecule has 2 fully saturated rings. The summed E-state index contributed by atoms with van der Waals surface area (Å²) in [5, 5.41) is 13.6. The number of benzene rings is 1.